The Bertz CT molecular complexity index is 826. The SMILES string of the molecule is O=c1c(I)c(-c2ccccc2Br)[nH]c2ccccc12. The second-order valence-corrected chi connectivity index (χ2v) is 6.10. The van der Waals surface area contributed by atoms with Crippen LogP contribution in [0.1, 0.15) is 0 Å². The van der Waals surface area contributed by atoms with Crippen LogP contribution in [0.3, 0.4) is 0 Å². The Morgan fingerprint density at radius 2 is 1.68 bits per heavy atom. The molecule has 0 aliphatic heterocycles. The molecule has 19 heavy (non-hydrogen) atoms. The van der Waals surface area contributed by atoms with Crippen molar-refractivity contribution in [2.45, 2.75) is 0 Å². The summed E-state index contributed by atoms with van der Waals surface area (Å²) in [6, 6.07) is 15.5. The van der Waals surface area contributed by atoms with E-state index in [0.717, 1.165) is 26.6 Å². The van der Waals surface area contributed by atoms with Gasteiger partial charge in [0.2, 0.25) is 5.43 Å². The number of hydrogen-bond acceptors (Lipinski definition) is 1. The van der Waals surface area contributed by atoms with Crippen molar-refractivity contribution in [3.8, 4) is 11.3 Å². The maximum atomic E-state index is 12.4. The number of pyridine rings is 1. The highest BCUT2D eigenvalue weighted by Gasteiger charge is 2.12. The molecule has 1 heterocycles. The van der Waals surface area contributed by atoms with Crippen LogP contribution >= 0.6 is 38.5 Å². The van der Waals surface area contributed by atoms with Gasteiger partial charge >= 0.3 is 0 Å². The maximum absolute atomic E-state index is 12.4. The Balaban J connectivity index is 2.40. The van der Waals surface area contributed by atoms with E-state index in [2.05, 4.69) is 43.5 Å². The largest absolute Gasteiger partial charge is 0.353 e. The van der Waals surface area contributed by atoms with Gasteiger partial charge < -0.3 is 4.98 Å². The van der Waals surface area contributed by atoms with E-state index in [-0.39, 0.29) is 5.43 Å². The summed E-state index contributed by atoms with van der Waals surface area (Å²) in [5.74, 6) is 0. The first kappa shape index (κ1) is 12.9. The quantitative estimate of drug-likeness (QED) is 0.569. The lowest BCUT2D eigenvalue weighted by atomic mass is 10.1. The lowest BCUT2D eigenvalue weighted by Crippen LogP contribution is -2.09. The molecule has 0 atom stereocenters. The molecule has 0 saturated carbocycles. The standard InChI is InChI=1S/C15H9BrINO/c16-11-7-3-1-5-9(11)14-13(17)15(19)10-6-2-4-8-12(10)18-14/h1-8H,(H,18,19). The fourth-order valence-electron chi connectivity index (χ4n) is 2.06. The molecule has 3 aromatic rings. The van der Waals surface area contributed by atoms with Crippen LogP contribution in [0.4, 0.5) is 0 Å². The molecule has 0 fully saturated rings. The normalized spacial score (nSPS) is 10.8. The molecule has 1 N–H and O–H groups in total. The Morgan fingerprint density at radius 1 is 1.00 bits per heavy atom. The lowest BCUT2D eigenvalue weighted by molar-refractivity contribution is 1.34. The Kier molecular flexibility index (Phi) is 3.45. The molecule has 0 spiro atoms. The fraction of sp³-hybridized carbons (Fsp3) is 0. The first-order valence-corrected chi connectivity index (χ1v) is 7.61. The second kappa shape index (κ2) is 5.09. The lowest BCUT2D eigenvalue weighted by Gasteiger charge is -2.09. The van der Waals surface area contributed by atoms with Gasteiger partial charge in [0, 0.05) is 20.9 Å². The van der Waals surface area contributed by atoms with Crippen LogP contribution in [0.15, 0.2) is 57.8 Å². The summed E-state index contributed by atoms with van der Waals surface area (Å²) in [5.41, 5.74) is 2.78. The van der Waals surface area contributed by atoms with Crippen molar-refractivity contribution >= 4 is 49.4 Å². The van der Waals surface area contributed by atoms with Crippen molar-refractivity contribution in [3.63, 3.8) is 0 Å². The molecule has 0 unspecified atom stereocenters. The van der Waals surface area contributed by atoms with Gasteiger partial charge in [-0.05, 0) is 40.8 Å². The molecular formula is C15H9BrINO. The zero-order chi connectivity index (χ0) is 13.4. The van der Waals surface area contributed by atoms with E-state index in [9.17, 15) is 4.79 Å². The first-order valence-electron chi connectivity index (χ1n) is 5.74. The molecule has 3 rings (SSSR count). The minimum atomic E-state index is 0.0701. The van der Waals surface area contributed by atoms with Crippen molar-refractivity contribution in [2.24, 2.45) is 0 Å². The third-order valence-electron chi connectivity index (χ3n) is 2.99. The highest BCUT2D eigenvalue weighted by atomic mass is 127. The average Bonchev–Trinajstić information content (AvgIpc) is 2.44. The third kappa shape index (κ3) is 2.23. The molecule has 1 aromatic heterocycles. The zero-order valence-electron chi connectivity index (χ0n) is 9.78. The molecule has 0 bridgehead atoms. The van der Waals surface area contributed by atoms with Crippen LogP contribution in [0.25, 0.3) is 22.2 Å². The number of aromatic nitrogens is 1. The number of rotatable bonds is 1. The number of H-pyrrole nitrogens is 1. The van der Waals surface area contributed by atoms with Crippen LogP contribution in [0.2, 0.25) is 0 Å². The Labute approximate surface area is 132 Å². The predicted molar refractivity (Wildman–Crippen MR) is 90.4 cm³/mol. The summed E-state index contributed by atoms with van der Waals surface area (Å²) in [4.78, 5) is 15.7. The van der Waals surface area contributed by atoms with Gasteiger partial charge in [0.15, 0.2) is 0 Å². The first-order chi connectivity index (χ1) is 9.18. The molecule has 2 nitrogen and oxygen atoms in total. The van der Waals surface area contributed by atoms with Gasteiger partial charge in [-0.1, -0.05) is 46.3 Å². The van der Waals surface area contributed by atoms with Gasteiger partial charge in [-0.3, -0.25) is 4.79 Å². The minimum absolute atomic E-state index is 0.0701. The zero-order valence-corrected chi connectivity index (χ0v) is 13.5. The molecule has 94 valence electrons. The van der Waals surface area contributed by atoms with E-state index < -0.39 is 0 Å². The van der Waals surface area contributed by atoms with E-state index in [1.807, 2.05) is 48.5 Å². The van der Waals surface area contributed by atoms with Gasteiger partial charge in [0.05, 0.1) is 9.26 Å². The Morgan fingerprint density at radius 3 is 2.47 bits per heavy atom. The van der Waals surface area contributed by atoms with E-state index in [1.165, 1.54) is 0 Å². The monoisotopic (exact) mass is 425 g/mol. The van der Waals surface area contributed by atoms with Gasteiger partial charge in [-0.15, -0.1) is 0 Å². The average molecular weight is 426 g/mol. The number of halogens is 2. The topological polar surface area (TPSA) is 32.9 Å². The molecular weight excluding hydrogens is 417 g/mol. The number of hydrogen-bond donors (Lipinski definition) is 1. The van der Waals surface area contributed by atoms with Gasteiger partial charge in [0.25, 0.3) is 0 Å². The van der Waals surface area contributed by atoms with Crippen molar-refractivity contribution in [3.05, 3.63) is 66.8 Å². The molecule has 0 radical (unpaired) electrons. The molecule has 2 aromatic carbocycles. The summed E-state index contributed by atoms with van der Waals surface area (Å²) < 4.78 is 1.68. The van der Waals surface area contributed by atoms with E-state index in [1.54, 1.807) is 0 Å². The van der Waals surface area contributed by atoms with Crippen molar-refractivity contribution in [2.75, 3.05) is 0 Å². The fourth-order valence-corrected chi connectivity index (χ4v) is 3.26. The third-order valence-corrected chi connectivity index (χ3v) is 4.71. The smallest absolute Gasteiger partial charge is 0.203 e. The van der Waals surface area contributed by atoms with Gasteiger partial charge in [-0.25, -0.2) is 0 Å². The van der Waals surface area contributed by atoms with Crippen molar-refractivity contribution in [1.29, 1.82) is 0 Å². The number of fused-ring (bicyclic) bond motifs is 1. The summed E-state index contributed by atoms with van der Waals surface area (Å²) in [6.07, 6.45) is 0. The van der Waals surface area contributed by atoms with E-state index in [4.69, 9.17) is 0 Å². The van der Waals surface area contributed by atoms with Crippen LogP contribution in [0.5, 0.6) is 0 Å². The molecule has 0 saturated heterocycles. The van der Waals surface area contributed by atoms with Crippen LogP contribution in [-0.2, 0) is 0 Å². The highest BCUT2D eigenvalue weighted by molar-refractivity contribution is 14.1. The van der Waals surface area contributed by atoms with E-state index >= 15 is 0 Å². The van der Waals surface area contributed by atoms with Crippen LogP contribution in [0, 0.1) is 3.57 Å². The predicted octanol–water partition coefficient (Wildman–Crippen LogP) is 4.56. The van der Waals surface area contributed by atoms with Crippen LogP contribution < -0.4 is 5.43 Å². The number of nitrogens with one attached hydrogen (secondary N) is 1. The van der Waals surface area contributed by atoms with Gasteiger partial charge in [-0.2, -0.15) is 0 Å². The molecule has 0 aliphatic rings. The van der Waals surface area contributed by atoms with Crippen molar-refractivity contribution < 1.29 is 0 Å². The summed E-state index contributed by atoms with van der Waals surface area (Å²) in [7, 11) is 0. The van der Waals surface area contributed by atoms with Crippen LogP contribution in [-0.4, -0.2) is 4.98 Å². The van der Waals surface area contributed by atoms with E-state index in [0.29, 0.717) is 3.57 Å². The van der Waals surface area contributed by atoms with Crippen molar-refractivity contribution in [1.82, 2.24) is 4.98 Å². The summed E-state index contributed by atoms with van der Waals surface area (Å²) in [6.45, 7) is 0. The Hall–Kier alpha value is -1.14. The molecule has 4 heteroatoms. The number of aromatic amines is 1. The second-order valence-electron chi connectivity index (χ2n) is 4.17. The van der Waals surface area contributed by atoms with Gasteiger partial charge in [0.1, 0.15) is 0 Å². The number of benzene rings is 2. The molecule has 0 aliphatic carbocycles. The maximum Gasteiger partial charge on any atom is 0.203 e. The number of para-hydroxylation sites is 1. The molecule has 0 amide bonds. The summed E-state index contributed by atoms with van der Waals surface area (Å²) in [5, 5.41) is 0.725. The minimum Gasteiger partial charge on any atom is -0.353 e. The summed E-state index contributed by atoms with van der Waals surface area (Å²) >= 11 is 5.64. The highest BCUT2D eigenvalue weighted by Crippen LogP contribution is 2.29.